The van der Waals surface area contributed by atoms with E-state index in [1.807, 2.05) is 4.93 Å². The quantitative estimate of drug-likeness (QED) is 0.00310. The number of aliphatic imine (C=N–C) groups is 1. The third-order valence-corrected chi connectivity index (χ3v) is 13.4. The van der Waals surface area contributed by atoms with Crippen LogP contribution in [0.4, 0.5) is 30.7 Å². The van der Waals surface area contributed by atoms with Gasteiger partial charge in [-0.05, 0) is 146 Å². The molecule has 11 rings (SSSR count). The number of carbonyl (C=O) groups excluding carboxylic acids is 5. The normalized spacial score (nSPS) is 11.0. The van der Waals surface area contributed by atoms with E-state index in [-0.39, 0.29) is 112 Å². The highest BCUT2D eigenvalue weighted by Crippen LogP contribution is 2.19. The van der Waals surface area contributed by atoms with Crippen molar-refractivity contribution in [1.82, 2.24) is 45.5 Å². The monoisotopic (exact) mass is 1980 g/mol. The largest absolute Gasteiger partial charge is 0.478 e. The Balaban J connectivity index is 0.000000664. The smallest absolute Gasteiger partial charge is 0.338 e. The minimum atomic E-state index is -1.22. The number of carbonyl (C=O) groups is 7. The SMILES string of the molecule is CC(C)OC(=O)/C=C\c1nc(-c2cccc(F)c2)n[nH]1.CI.CSC(=N)c1cccc(F)c1.I.I.NC(=NCC(=O)/C=C\C(=O)O)c1cccc(F)c1.NC(=S)c1cccc(F)c1.NN=C(N)c1cccc(F)c1.O=C(Cl)/C=C\c1nc(-c2cccc(F)c2)n[nH]1.O=C(O)/C=C\c1nc(-c2cccc(F)c2)n[nH]1.O=C1C=CC(=O)O1. The predicted molar refractivity (Wildman–Crippen MR) is 457 cm³/mol. The zero-order valence-electron chi connectivity index (χ0n) is 60.2. The number of aromatic amines is 3. The van der Waals surface area contributed by atoms with Gasteiger partial charge in [-0.1, -0.05) is 120 Å². The van der Waals surface area contributed by atoms with Crippen molar-refractivity contribution in [2.75, 3.05) is 17.7 Å². The maximum Gasteiger partial charge on any atom is 0.338 e. The van der Waals surface area contributed by atoms with Gasteiger partial charge in [-0.3, -0.25) is 35.3 Å². The lowest BCUT2D eigenvalue weighted by Gasteiger charge is -2.03. The van der Waals surface area contributed by atoms with Crippen LogP contribution in [-0.2, 0) is 43.0 Å². The van der Waals surface area contributed by atoms with Crippen LogP contribution in [0.25, 0.3) is 52.4 Å². The molecule has 0 saturated heterocycles. The standard InChI is InChI=1S/C14H14FN3O2.C12H11FN2O3.C11H7ClFN3O.C11H8FN3O2.C8H8FNS.C7H8FN3.C7H6FNS.C4H2O3.CH3I.2HI/c1-9(2)20-13(19)7-6-12-16-14(18-17-12)10-4-3-5-11(15)8-10;13-9-3-1-2-8(6-9)12(14)15-7-10(16)4-5-11(17)18;12-9(17)4-5-10-14-11(16-15-10)7-2-1-3-8(13)6-7;12-8-3-1-2-7(6-8)11-13-9(14-15-11)4-5-10(16)17;1-11-8(10)6-3-2-4-7(9)5-6;8-6-3-1-2-5(4-6)7(9)11-10;8-6-3-1-2-5(4-6)7(9)10;5-3-1-2-4(6)7-3;1-2;;/h3-9H,1-2H3,(H,16,17,18);1-6H,7H2,(H2,14,15)(H,17,18);1-6H,(H,14,15,16);1-6H,(H,16,17)(H,13,14,15);2-5,10H,1H3;1-4H,10H2,(H2,9,11);1-4H,(H2,9,10);1-2H;1H3;2*1H/b7-6-;3*5-4-;;;;;;;. The molecule has 40 heteroatoms. The minimum absolute atomic E-state index is 0. The summed E-state index contributed by atoms with van der Waals surface area (Å²) in [5, 5.41) is 46.6. The van der Waals surface area contributed by atoms with E-state index < -0.39 is 46.7 Å². The van der Waals surface area contributed by atoms with E-state index in [1.165, 1.54) is 127 Å². The summed E-state index contributed by atoms with van der Waals surface area (Å²) in [6.45, 7) is 3.25. The molecule has 604 valence electrons. The number of benzene rings is 7. The lowest BCUT2D eigenvalue weighted by atomic mass is 10.2. The average molecular weight is 1980 g/mol. The maximum atomic E-state index is 13.1. The first-order chi connectivity index (χ1) is 53.8. The highest BCUT2D eigenvalue weighted by molar-refractivity contribution is 14.1. The van der Waals surface area contributed by atoms with E-state index in [0.29, 0.717) is 78.9 Å². The van der Waals surface area contributed by atoms with Gasteiger partial charge in [0.2, 0.25) is 5.24 Å². The van der Waals surface area contributed by atoms with Crippen LogP contribution in [0.5, 0.6) is 0 Å². The summed E-state index contributed by atoms with van der Waals surface area (Å²) in [5.41, 5.74) is 19.8. The molecule has 7 aromatic carbocycles. The van der Waals surface area contributed by atoms with Gasteiger partial charge in [0.15, 0.2) is 23.3 Å². The number of rotatable bonds is 18. The molecule has 0 radical (unpaired) electrons. The number of nitrogens with one attached hydrogen (secondary N) is 4. The Labute approximate surface area is 713 Å². The van der Waals surface area contributed by atoms with E-state index in [2.05, 4.69) is 95.2 Å². The highest BCUT2D eigenvalue weighted by atomic mass is 127. The molecule has 1 aliphatic heterocycles. The molecular formula is C75H69ClF7I3N16O11S2. The summed E-state index contributed by atoms with van der Waals surface area (Å²) in [7, 11) is 0. The summed E-state index contributed by atoms with van der Waals surface area (Å²) in [6, 6.07) is 40.9. The number of allylic oxidation sites excluding steroid dienone is 1. The molecule has 0 aliphatic carbocycles. The summed E-state index contributed by atoms with van der Waals surface area (Å²) in [6.07, 6.45) is 12.9. The van der Waals surface area contributed by atoms with Crippen molar-refractivity contribution >= 4 is 187 Å². The molecule has 0 atom stereocenters. The van der Waals surface area contributed by atoms with Gasteiger partial charge in [0.1, 0.15) is 81.4 Å². The van der Waals surface area contributed by atoms with Crippen LogP contribution in [0.2, 0.25) is 0 Å². The number of thioether (sulfide) groups is 1. The first-order valence-corrected chi connectivity index (χ1v) is 35.7. The van der Waals surface area contributed by atoms with Crippen molar-refractivity contribution in [2.24, 2.45) is 33.1 Å². The molecule has 14 N–H and O–H groups in total. The highest BCUT2D eigenvalue weighted by Gasteiger charge is 2.12. The number of nitrogens with two attached hydrogens (primary N) is 4. The number of ether oxygens (including phenoxy) is 2. The third kappa shape index (κ3) is 42.6. The lowest BCUT2D eigenvalue weighted by Crippen LogP contribution is -2.15. The number of nitrogens with zero attached hydrogens (tertiary/aromatic N) is 8. The Kier molecular flexibility index (Phi) is 48.9. The maximum absolute atomic E-state index is 13.1. The van der Waals surface area contributed by atoms with Crippen molar-refractivity contribution in [3.8, 4) is 34.2 Å². The molecule has 0 unspecified atom stereocenters. The minimum Gasteiger partial charge on any atom is -0.478 e. The summed E-state index contributed by atoms with van der Waals surface area (Å²) in [5.74, 6) is 0.220. The van der Waals surface area contributed by atoms with Crippen molar-refractivity contribution in [3.63, 3.8) is 0 Å². The zero-order valence-corrected chi connectivity index (χ0v) is 69.4. The Morgan fingerprint density at radius 3 is 1.21 bits per heavy atom. The second-order valence-corrected chi connectivity index (χ2v) is 22.8. The molecule has 0 fully saturated rings. The first-order valence-electron chi connectivity index (χ1n) is 31.6. The van der Waals surface area contributed by atoms with Crippen LogP contribution in [0, 0.1) is 46.1 Å². The number of aliphatic carboxylic acids is 2. The second-order valence-electron chi connectivity index (χ2n) is 21.2. The predicted octanol–water partition coefficient (Wildman–Crippen LogP) is 13.7. The van der Waals surface area contributed by atoms with Crippen LogP contribution in [0.1, 0.15) is 53.6 Å². The Bertz CT molecular complexity index is 5010. The number of carboxylic acid groups (broad SMARTS) is 2. The molecule has 115 heavy (non-hydrogen) atoms. The van der Waals surface area contributed by atoms with E-state index >= 15 is 0 Å². The molecule has 27 nitrogen and oxygen atoms in total. The molecule has 4 heterocycles. The number of alkyl halides is 1. The van der Waals surface area contributed by atoms with E-state index in [9.17, 15) is 64.3 Å². The Morgan fingerprint density at radius 2 is 0.887 bits per heavy atom. The van der Waals surface area contributed by atoms with Crippen molar-refractivity contribution in [1.29, 1.82) is 5.41 Å². The van der Waals surface area contributed by atoms with Crippen LogP contribution < -0.4 is 23.0 Å². The molecule has 0 amide bonds. The van der Waals surface area contributed by atoms with Gasteiger partial charge >= 0.3 is 29.8 Å². The molecule has 0 saturated carbocycles. The summed E-state index contributed by atoms with van der Waals surface area (Å²) < 4.78 is 98.3. The van der Waals surface area contributed by atoms with Gasteiger partial charge in [0, 0.05) is 75.4 Å². The number of thiocarbonyl (C=S) groups is 1. The van der Waals surface area contributed by atoms with Crippen LogP contribution in [-0.4, -0.2) is 142 Å². The molecule has 10 aromatic rings. The Hall–Kier alpha value is -11.8. The average Bonchev–Trinajstić information content (AvgIpc) is 1.74. The van der Waals surface area contributed by atoms with Gasteiger partial charge < -0.3 is 42.7 Å². The number of hydrogen-bond acceptors (Lipinski definition) is 21. The van der Waals surface area contributed by atoms with Crippen LogP contribution in [0.3, 0.4) is 0 Å². The van der Waals surface area contributed by atoms with E-state index in [0.717, 1.165) is 36.5 Å². The number of amidine groups is 2. The first kappa shape index (κ1) is 101. The molecule has 0 bridgehead atoms. The number of hydrazone groups is 1. The van der Waals surface area contributed by atoms with E-state index in [1.54, 1.807) is 99.0 Å². The number of aromatic nitrogens is 9. The number of hydrogen-bond donors (Lipinski definition) is 10. The van der Waals surface area contributed by atoms with Crippen molar-refractivity contribution < 1.29 is 84.0 Å². The zero-order chi connectivity index (χ0) is 84.0. The number of H-pyrrole nitrogens is 3. The van der Waals surface area contributed by atoms with Gasteiger partial charge in [0.25, 0.3) is 0 Å². The van der Waals surface area contributed by atoms with Gasteiger partial charge in [-0.15, -0.1) is 59.7 Å². The number of halogens is 11. The van der Waals surface area contributed by atoms with Gasteiger partial charge in [0.05, 0.1) is 11.1 Å². The van der Waals surface area contributed by atoms with Crippen LogP contribution >= 0.6 is 106 Å². The van der Waals surface area contributed by atoms with Crippen molar-refractivity contribution in [2.45, 2.75) is 20.0 Å². The van der Waals surface area contributed by atoms with Gasteiger partial charge in [-0.2, -0.15) is 20.4 Å². The molecule has 0 spiro atoms. The Morgan fingerprint density at radius 1 is 0.548 bits per heavy atom. The number of esters is 3. The van der Waals surface area contributed by atoms with Gasteiger partial charge in [-0.25, -0.2) is 69.7 Å². The van der Waals surface area contributed by atoms with Crippen molar-refractivity contribution in [3.05, 3.63) is 293 Å². The summed E-state index contributed by atoms with van der Waals surface area (Å²) >= 11 is 13.2. The topological polar surface area (TPSA) is 456 Å². The number of ketones is 1. The lowest BCUT2D eigenvalue weighted by molar-refractivity contribution is -0.150. The fraction of sp³-hybridized carbons (Fsp3) is 0.0800. The number of carboxylic acids is 2. The van der Waals surface area contributed by atoms with Crippen LogP contribution in [0.15, 0.2) is 222 Å². The fourth-order valence-corrected chi connectivity index (χ4v) is 8.12. The number of cyclic esters (lactones) is 2. The molecule has 3 aromatic heterocycles. The molecular weight excluding hydrogens is 1910 g/mol. The molecule has 1 aliphatic rings. The summed E-state index contributed by atoms with van der Waals surface area (Å²) in [4.78, 5) is 91.5. The fourth-order valence-electron chi connectivity index (χ4n) is 7.56. The second kappa shape index (κ2) is 55.6. The van der Waals surface area contributed by atoms with E-state index in [4.69, 9.17) is 55.0 Å². The third-order valence-electron chi connectivity index (χ3n) is 12.4.